The highest BCUT2D eigenvalue weighted by atomic mass is 79.9. The number of likely N-dealkylation sites (tertiary alicyclic amines) is 1. The maximum absolute atomic E-state index is 13.6. The van der Waals surface area contributed by atoms with Crippen molar-refractivity contribution in [3.63, 3.8) is 0 Å². The Morgan fingerprint density at radius 1 is 1.55 bits per heavy atom. The van der Waals surface area contributed by atoms with Gasteiger partial charge >= 0.3 is 0 Å². The van der Waals surface area contributed by atoms with Crippen molar-refractivity contribution < 1.29 is 14.0 Å². The summed E-state index contributed by atoms with van der Waals surface area (Å²) in [5.41, 5.74) is -0.000950. The minimum atomic E-state index is -0.560. The van der Waals surface area contributed by atoms with E-state index >= 15 is 0 Å². The van der Waals surface area contributed by atoms with Crippen LogP contribution in [-0.4, -0.2) is 35.8 Å². The second-order valence-electron chi connectivity index (χ2n) is 4.94. The topological polar surface area (TPSA) is 49.4 Å². The largest absolute Gasteiger partial charge is 0.348 e. The van der Waals surface area contributed by atoms with E-state index in [1.807, 2.05) is 0 Å². The fraction of sp³-hybridized carbons (Fsp3) is 0.429. The fourth-order valence-electron chi connectivity index (χ4n) is 2.25. The number of hydrogen-bond donors (Lipinski definition) is 1. The Bertz CT molecular complexity index is 536. The lowest BCUT2D eigenvalue weighted by Crippen LogP contribution is -2.42. The highest BCUT2D eigenvalue weighted by Gasteiger charge is 2.23. The molecule has 1 heterocycles. The quantitative estimate of drug-likeness (QED) is 0.912. The maximum atomic E-state index is 13.6. The number of hydrogen-bond acceptors (Lipinski definition) is 2. The van der Waals surface area contributed by atoms with Crippen LogP contribution in [0, 0.1) is 5.82 Å². The van der Waals surface area contributed by atoms with Gasteiger partial charge in [-0.1, -0.05) is 15.9 Å². The summed E-state index contributed by atoms with van der Waals surface area (Å²) in [4.78, 5) is 25.2. The molecule has 20 heavy (non-hydrogen) atoms. The molecule has 0 radical (unpaired) electrons. The number of carbonyl (C=O) groups is 2. The summed E-state index contributed by atoms with van der Waals surface area (Å²) in [6.07, 6.45) is 1.43. The summed E-state index contributed by atoms with van der Waals surface area (Å²) < 4.78 is 14.2. The van der Waals surface area contributed by atoms with Gasteiger partial charge in [0.15, 0.2) is 0 Å². The van der Waals surface area contributed by atoms with Crippen LogP contribution >= 0.6 is 15.9 Å². The average molecular weight is 343 g/mol. The van der Waals surface area contributed by atoms with Crippen LogP contribution in [0.4, 0.5) is 4.39 Å². The molecule has 1 aromatic rings. The first kappa shape index (κ1) is 15.0. The molecule has 0 saturated carbocycles. The smallest absolute Gasteiger partial charge is 0.254 e. The first-order valence-electron chi connectivity index (χ1n) is 6.51. The van der Waals surface area contributed by atoms with E-state index in [0.717, 1.165) is 13.0 Å². The Kier molecular flexibility index (Phi) is 4.75. The summed E-state index contributed by atoms with van der Waals surface area (Å²) >= 11 is 3.21. The molecule has 2 amide bonds. The standard InChI is InChI=1S/C14H16BrFN2O2/c1-9(8-18-6-2-3-13(18)19)17-14(20)11-7-10(15)4-5-12(11)16/h4-5,7,9H,2-3,6,8H2,1H3,(H,17,20). The van der Waals surface area contributed by atoms with Crippen molar-refractivity contribution >= 4 is 27.7 Å². The van der Waals surface area contributed by atoms with E-state index in [9.17, 15) is 14.0 Å². The predicted molar refractivity (Wildman–Crippen MR) is 76.8 cm³/mol. The Morgan fingerprint density at radius 2 is 2.30 bits per heavy atom. The van der Waals surface area contributed by atoms with Crippen molar-refractivity contribution in [1.82, 2.24) is 10.2 Å². The second kappa shape index (κ2) is 6.35. The van der Waals surface area contributed by atoms with Crippen molar-refractivity contribution in [2.24, 2.45) is 0 Å². The molecular weight excluding hydrogens is 327 g/mol. The lowest BCUT2D eigenvalue weighted by atomic mass is 10.2. The van der Waals surface area contributed by atoms with Crippen LogP contribution in [0.5, 0.6) is 0 Å². The molecule has 0 bridgehead atoms. The van der Waals surface area contributed by atoms with Crippen LogP contribution in [0.2, 0.25) is 0 Å². The fourth-order valence-corrected chi connectivity index (χ4v) is 2.61. The number of amides is 2. The molecule has 6 heteroatoms. The van der Waals surface area contributed by atoms with E-state index in [-0.39, 0.29) is 17.5 Å². The van der Waals surface area contributed by atoms with Gasteiger partial charge in [0.1, 0.15) is 5.82 Å². The molecule has 108 valence electrons. The first-order valence-corrected chi connectivity index (χ1v) is 7.30. The summed E-state index contributed by atoms with van der Waals surface area (Å²) in [5.74, 6) is -0.919. The summed E-state index contributed by atoms with van der Waals surface area (Å²) in [6, 6.07) is 4.01. The number of carbonyl (C=O) groups excluding carboxylic acids is 2. The van der Waals surface area contributed by atoms with E-state index in [4.69, 9.17) is 0 Å². The SMILES string of the molecule is CC(CN1CCCC1=O)NC(=O)c1cc(Br)ccc1F. The van der Waals surface area contributed by atoms with E-state index < -0.39 is 11.7 Å². The van der Waals surface area contributed by atoms with Crippen LogP contribution in [0.25, 0.3) is 0 Å². The van der Waals surface area contributed by atoms with Crippen LogP contribution in [0.15, 0.2) is 22.7 Å². The normalized spacial score (nSPS) is 16.4. The lowest BCUT2D eigenvalue weighted by molar-refractivity contribution is -0.127. The van der Waals surface area contributed by atoms with Crippen molar-refractivity contribution in [1.29, 1.82) is 0 Å². The zero-order chi connectivity index (χ0) is 14.7. The van der Waals surface area contributed by atoms with E-state index in [1.165, 1.54) is 12.1 Å². The lowest BCUT2D eigenvalue weighted by Gasteiger charge is -2.21. The molecule has 2 rings (SSSR count). The van der Waals surface area contributed by atoms with Crippen molar-refractivity contribution in [3.8, 4) is 0 Å². The molecule has 1 atom stereocenters. The predicted octanol–water partition coefficient (Wildman–Crippen LogP) is 2.33. The molecule has 1 aliphatic rings. The van der Waals surface area contributed by atoms with Crippen LogP contribution in [0.3, 0.4) is 0 Å². The van der Waals surface area contributed by atoms with Crippen LogP contribution in [0.1, 0.15) is 30.1 Å². The van der Waals surface area contributed by atoms with Gasteiger partial charge in [-0.3, -0.25) is 9.59 Å². The van der Waals surface area contributed by atoms with E-state index in [2.05, 4.69) is 21.2 Å². The van der Waals surface area contributed by atoms with Gasteiger partial charge in [-0.15, -0.1) is 0 Å². The average Bonchev–Trinajstić information content (AvgIpc) is 2.77. The van der Waals surface area contributed by atoms with Crippen molar-refractivity contribution in [3.05, 3.63) is 34.1 Å². The molecule has 1 aliphatic heterocycles. The first-order chi connectivity index (χ1) is 9.47. The van der Waals surface area contributed by atoms with Crippen molar-refractivity contribution in [2.75, 3.05) is 13.1 Å². The number of halogens is 2. The molecule has 1 saturated heterocycles. The summed E-state index contributed by atoms with van der Waals surface area (Å²) in [5, 5.41) is 2.72. The molecule has 1 N–H and O–H groups in total. The van der Waals surface area contributed by atoms with E-state index in [1.54, 1.807) is 17.9 Å². The molecule has 1 fully saturated rings. The number of rotatable bonds is 4. The number of nitrogens with one attached hydrogen (secondary N) is 1. The van der Waals surface area contributed by atoms with Crippen molar-refractivity contribution in [2.45, 2.75) is 25.8 Å². The van der Waals surface area contributed by atoms with Gasteiger partial charge in [0.25, 0.3) is 5.91 Å². The number of nitrogens with zero attached hydrogens (tertiary/aromatic N) is 1. The van der Waals surface area contributed by atoms with Gasteiger partial charge in [0.05, 0.1) is 5.56 Å². The Labute approximate surface area is 125 Å². The summed E-state index contributed by atoms with van der Waals surface area (Å²) in [7, 11) is 0. The number of benzene rings is 1. The molecule has 1 aromatic carbocycles. The van der Waals surface area contributed by atoms with Crippen LogP contribution < -0.4 is 5.32 Å². The summed E-state index contributed by atoms with van der Waals surface area (Å²) in [6.45, 7) is 2.99. The minimum Gasteiger partial charge on any atom is -0.348 e. The maximum Gasteiger partial charge on any atom is 0.254 e. The molecule has 4 nitrogen and oxygen atoms in total. The van der Waals surface area contributed by atoms with Gasteiger partial charge in [0.2, 0.25) is 5.91 Å². The van der Waals surface area contributed by atoms with Gasteiger partial charge in [-0.05, 0) is 31.5 Å². The third kappa shape index (κ3) is 3.56. The zero-order valence-electron chi connectivity index (χ0n) is 11.2. The highest BCUT2D eigenvalue weighted by molar-refractivity contribution is 9.10. The van der Waals surface area contributed by atoms with Crippen LogP contribution in [-0.2, 0) is 4.79 Å². The molecule has 0 aliphatic carbocycles. The monoisotopic (exact) mass is 342 g/mol. The molecule has 0 aromatic heterocycles. The second-order valence-corrected chi connectivity index (χ2v) is 5.86. The Balaban J connectivity index is 1.96. The van der Waals surface area contributed by atoms with Gasteiger partial charge in [0, 0.05) is 30.0 Å². The minimum absolute atomic E-state index is 0.000950. The molecular formula is C14H16BrFN2O2. The molecule has 1 unspecified atom stereocenters. The highest BCUT2D eigenvalue weighted by Crippen LogP contribution is 2.16. The zero-order valence-corrected chi connectivity index (χ0v) is 12.7. The Morgan fingerprint density at radius 3 is 2.95 bits per heavy atom. The third-order valence-corrected chi connectivity index (χ3v) is 3.71. The third-order valence-electron chi connectivity index (χ3n) is 3.22. The molecule has 0 spiro atoms. The van der Waals surface area contributed by atoms with E-state index in [0.29, 0.717) is 17.4 Å². The van der Waals surface area contributed by atoms with Gasteiger partial charge < -0.3 is 10.2 Å². The Hall–Kier alpha value is -1.43. The van der Waals surface area contributed by atoms with Gasteiger partial charge in [-0.2, -0.15) is 0 Å². The van der Waals surface area contributed by atoms with Gasteiger partial charge in [-0.25, -0.2) is 4.39 Å².